The lowest BCUT2D eigenvalue weighted by atomic mass is 9.99. The van der Waals surface area contributed by atoms with Crippen LogP contribution in [-0.2, 0) is 18.9 Å². The van der Waals surface area contributed by atoms with Gasteiger partial charge in [-0.3, -0.25) is 0 Å². The highest BCUT2D eigenvalue weighted by molar-refractivity contribution is 7.10. The van der Waals surface area contributed by atoms with Gasteiger partial charge in [0, 0.05) is 23.9 Å². The molecule has 3 aromatic rings. The molecule has 30 heavy (non-hydrogen) atoms. The molecule has 11 heteroatoms. The molecule has 0 radical (unpaired) electrons. The molecule has 1 unspecified atom stereocenters. The first-order valence-corrected chi connectivity index (χ1v) is 9.42. The van der Waals surface area contributed by atoms with Crippen LogP contribution in [0.5, 0.6) is 0 Å². The Morgan fingerprint density at radius 1 is 1.13 bits per heavy atom. The van der Waals surface area contributed by atoms with Gasteiger partial charge in [0.25, 0.3) is 0 Å². The predicted octanol–water partition coefficient (Wildman–Crippen LogP) is 5.20. The highest BCUT2D eigenvalue weighted by Gasteiger charge is 2.37. The largest absolute Gasteiger partial charge is 0.433 e. The lowest BCUT2D eigenvalue weighted by Gasteiger charge is -2.18. The summed E-state index contributed by atoms with van der Waals surface area (Å²) in [4.78, 5) is 7.41. The number of aromatic nitrogens is 2. The van der Waals surface area contributed by atoms with Gasteiger partial charge in [-0.25, -0.2) is 9.97 Å². The van der Waals surface area contributed by atoms with Crippen LogP contribution < -0.4 is 5.32 Å². The standard InChI is InChI=1S/C19H15F6N3OS/c1-2-16-27-10(9-30-16)7-26-8-14(29)12-6-15(19(23,24)25)28-17-11(12)4-3-5-13(17)18(20,21)22/h2-6,9,14,26,29H,1,7-8H2. The number of para-hydroxylation sites is 1. The van der Waals surface area contributed by atoms with Gasteiger partial charge in [-0.1, -0.05) is 18.7 Å². The number of hydrogen-bond donors (Lipinski definition) is 2. The van der Waals surface area contributed by atoms with Crippen LogP contribution in [0.25, 0.3) is 17.0 Å². The van der Waals surface area contributed by atoms with Crippen molar-refractivity contribution in [1.29, 1.82) is 0 Å². The SMILES string of the molecule is C=Cc1nc(CNCC(O)c2cc(C(F)(F)F)nc3c(C(F)(F)F)cccc23)cs1. The Balaban J connectivity index is 1.95. The second-order valence-electron chi connectivity index (χ2n) is 6.32. The van der Waals surface area contributed by atoms with E-state index in [9.17, 15) is 31.4 Å². The summed E-state index contributed by atoms with van der Waals surface area (Å²) in [6, 6.07) is 3.50. The maximum Gasteiger partial charge on any atom is 0.433 e. The minimum Gasteiger partial charge on any atom is -0.387 e. The zero-order chi connectivity index (χ0) is 22.1. The first kappa shape index (κ1) is 22.2. The zero-order valence-corrected chi connectivity index (χ0v) is 16.0. The number of benzene rings is 1. The van der Waals surface area contributed by atoms with Gasteiger partial charge >= 0.3 is 12.4 Å². The fraction of sp³-hybridized carbons (Fsp3) is 0.263. The van der Waals surface area contributed by atoms with E-state index in [4.69, 9.17) is 0 Å². The van der Waals surface area contributed by atoms with Gasteiger partial charge in [0.05, 0.1) is 22.9 Å². The monoisotopic (exact) mass is 447 g/mol. The van der Waals surface area contributed by atoms with Crippen LogP contribution >= 0.6 is 11.3 Å². The molecule has 0 saturated heterocycles. The van der Waals surface area contributed by atoms with Gasteiger partial charge < -0.3 is 10.4 Å². The average Bonchev–Trinajstić information content (AvgIpc) is 3.13. The fourth-order valence-electron chi connectivity index (χ4n) is 2.87. The number of fused-ring (bicyclic) bond motifs is 1. The molecule has 0 aliphatic heterocycles. The van der Waals surface area contributed by atoms with Gasteiger partial charge in [-0.05, 0) is 23.8 Å². The van der Waals surface area contributed by atoms with Crippen molar-refractivity contribution in [1.82, 2.24) is 15.3 Å². The third-order valence-electron chi connectivity index (χ3n) is 4.21. The summed E-state index contributed by atoms with van der Waals surface area (Å²) in [6.45, 7) is 3.60. The van der Waals surface area contributed by atoms with Crippen molar-refractivity contribution in [2.75, 3.05) is 6.54 Å². The average molecular weight is 447 g/mol. The van der Waals surface area contributed by atoms with E-state index in [0.29, 0.717) is 22.8 Å². The second-order valence-corrected chi connectivity index (χ2v) is 7.21. The van der Waals surface area contributed by atoms with Crippen LogP contribution in [0.4, 0.5) is 26.3 Å². The molecule has 2 heterocycles. The van der Waals surface area contributed by atoms with E-state index in [1.54, 1.807) is 11.5 Å². The summed E-state index contributed by atoms with van der Waals surface area (Å²) in [5.74, 6) is 0. The van der Waals surface area contributed by atoms with E-state index >= 15 is 0 Å². The topological polar surface area (TPSA) is 58.0 Å². The van der Waals surface area contributed by atoms with Crippen molar-refractivity contribution in [3.63, 3.8) is 0 Å². The van der Waals surface area contributed by atoms with Crippen molar-refractivity contribution in [2.45, 2.75) is 25.0 Å². The summed E-state index contributed by atoms with van der Waals surface area (Å²) in [7, 11) is 0. The molecular formula is C19H15F6N3OS. The molecule has 1 aromatic carbocycles. The van der Waals surface area contributed by atoms with E-state index in [1.807, 2.05) is 0 Å². The summed E-state index contributed by atoms with van der Waals surface area (Å²) in [5, 5.41) is 15.5. The van der Waals surface area contributed by atoms with Gasteiger partial charge in [-0.2, -0.15) is 26.3 Å². The van der Waals surface area contributed by atoms with Crippen molar-refractivity contribution >= 4 is 28.3 Å². The summed E-state index contributed by atoms with van der Waals surface area (Å²) < 4.78 is 79.6. The third-order valence-corrected chi connectivity index (χ3v) is 5.10. The molecular weight excluding hydrogens is 432 g/mol. The van der Waals surface area contributed by atoms with Crippen LogP contribution in [0.3, 0.4) is 0 Å². The van der Waals surface area contributed by atoms with E-state index in [1.165, 1.54) is 17.4 Å². The van der Waals surface area contributed by atoms with E-state index in [0.717, 1.165) is 6.07 Å². The molecule has 0 amide bonds. The minimum atomic E-state index is -4.98. The Kier molecular flexibility index (Phi) is 6.16. The van der Waals surface area contributed by atoms with Gasteiger partial charge in [0.2, 0.25) is 0 Å². The summed E-state index contributed by atoms with van der Waals surface area (Å²) in [5.41, 5.74) is -3.32. The Hall–Kier alpha value is -2.50. The molecule has 0 fully saturated rings. The number of hydrogen-bond acceptors (Lipinski definition) is 5. The van der Waals surface area contributed by atoms with Crippen molar-refractivity contribution in [3.8, 4) is 0 Å². The number of thiazole rings is 1. The molecule has 2 aromatic heterocycles. The Morgan fingerprint density at radius 3 is 2.47 bits per heavy atom. The number of alkyl halides is 6. The summed E-state index contributed by atoms with van der Waals surface area (Å²) in [6.07, 6.45) is -9.82. The van der Waals surface area contributed by atoms with Crippen LogP contribution in [0.15, 0.2) is 36.2 Å². The van der Waals surface area contributed by atoms with Crippen LogP contribution in [-0.4, -0.2) is 21.6 Å². The number of halogens is 6. The van der Waals surface area contributed by atoms with Crippen LogP contribution in [0.2, 0.25) is 0 Å². The van der Waals surface area contributed by atoms with Crippen LogP contribution in [0.1, 0.15) is 33.6 Å². The normalized spacial score (nSPS) is 13.6. The van der Waals surface area contributed by atoms with Gasteiger partial charge in [0.1, 0.15) is 10.7 Å². The van der Waals surface area contributed by atoms with Gasteiger partial charge in [0.15, 0.2) is 0 Å². The lowest BCUT2D eigenvalue weighted by Crippen LogP contribution is -2.22. The molecule has 2 N–H and O–H groups in total. The van der Waals surface area contributed by atoms with Crippen molar-refractivity contribution in [2.24, 2.45) is 0 Å². The lowest BCUT2D eigenvalue weighted by molar-refractivity contribution is -0.142. The number of aliphatic hydroxyl groups excluding tert-OH is 1. The molecule has 160 valence electrons. The quantitative estimate of drug-likeness (QED) is 0.511. The second kappa shape index (κ2) is 8.32. The first-order valence-electron chi connectivity index (χ1n) is 8.54. The molecule has 1 atom stereocenters. The molecule has 4 nitrogen and oxygen atoms in total. The Labute approximate surface area is 170 Å². The van der Waals surface area contributed by atoms with Crippen LogP contribution in [0, 0.1) is 0 Å². The molecule has 3 rings (SSSR count). The number of rotatable bonds is 6. The number of pyridine rings is 1. The van der Waals surface area contributed by atoms with Crippen molar-refractivity contribution in [3.05, 3.63) is 63.7 Å². The number of nitrogens with zero attached hydrogens (tertiary/aromatic N) is 2. The maximum absolute atomic E-state index is 13.3. The number of nitrogens with one attached hydrogen (secondary N) is 1. The molecule has 0 aliphatic rings. The maximum atomic E-state index is 13.3. The Bertz CT molecular complexity index is 1060. The molecule has 0 saturated carbocycles. The van der Waals surface area contributed by atoms with E-state index in [-0.39, 0.29) is 24.0 Å². The highest BCUT2D eigenvalue weighted by atomic mass is 32.1. The van der Waals surface area contributed by atoms with Crippen molar-refractivity contribution < 1.29 is 31.4 Å². The fourth-order valence-corrected chi connectivity index (χ4v) is 3.53. The van der Waals surface area contributed by atoms with Gasteiger partial charge in [-0.15, -0.1) is 11.3 Å². The number of aliphatic hydroxyl groups is 1. The first-order chi connectivity index (χ1) is 14.0. The third kappa shape index (κ3) is 4.79. The smallest absolute Gasteiger partial charge is 0.387 e. The van der Waals surface area contributed by atoms with E-state index < -0.39 is 35.2 Å². The van der Waals surface area contributed by atoms with E-state index in [2.05, 4.69) is 21.9 Å². The zero-order valence-electron chi connectivity index (χ0n) is 15.2. The molecule has 0 bridgehead atoms. The summed E-state index contributed by atoms with van der Waals surface area (Å²) >= 11 is 1.34. The minimum absolute atomic E-state index is 0.199. The predicted molar refractivity (Wildman–Crippen MR) is 101 cm³/mol. The molecule has 0 spiro atoms. The molecule has 0 aliphatic carbocycles. The Morgan fingerprint density at radius 2 is 1.87 bits per heavy atom. The highest BCUT2D eigenvalue weighted by Crippen LogP contribution is 2.38.